The molecule has 2 atom stereocenters. The Morgan fingerprint density at radius 3 is 2.79 bits per heavy atom. The van der Waals surface area contributed by atoms with Crippen LogP contribution in [0.2, 0.25) is 0 Å². The second kappa shape index (κ2) is 5.29. The highest BCUT2D eigenvalue weighted by Gasteiger charge is 2.33. The van der Waals surface area contributed by atoms with Crippen molar-refractivity contribution >= 4 is 5.91 Å². The lowest BCUT2D eigenvalue weighted by Crippen LogP contribution is -2.57. The second-order valence-corrected chi connectivity index (χ2v) is 3.51. The SMILES string of the molecule is CCOC(CN)CN1CCC1C(N)=O. The third kappa shape index (κ3) is 2.67. The van der Waals surface area contributed by atoms with Gasteiger partial charge < -0.3 is 16.2 Å². The average molecular weight is 201 g/mol. The number of nitrogens with two attached hydrogens (primary N) is 2. The van der Waals surface area contributed by atoms with Gasteiger partial charge in [0.05, 0.1) is 12.1 Å². The van der Waals surface area contributed by atoms with E-state index in [4.69, 9.17) is 16.2 Å². The fourth-order valence-electron chi connectivity index (χ4n) is 1.67. The van der Waals surface area contributed by atoms with Crippen LogP contribution in [0.4, 0.5) is 0 Å². The molecule has 1 aliphatic heterocycles. The molecule has 1 rings (SSSR count). The summed E-state index contributed by atoms with van der Waals surface area (Å²) < 4.78 is 5.41. The summed E-state index contributed by atoms with van der Waals surface area (Å²) in [5, 5.41) is 0. The van der Waals surface area contributed by atoms with Crippen LogP contribution in [0.15, 0.2) is 0 Å². The summed E-state index contributed by atoms with van der Waals surface area (Å²) in [6.07, 6.45) is 0.876. The Morgan fingerprint density at radius 2 is 2.43 bits per heavy atom. The van der Waals surface area contributed by atoms with Gasteiger partial charge in [-0.3, -0.25) is 9.69 Å². The lowest BCUT2D eigenvalue weighted by Gasteiger charge is -2.40. The monoisotopic (exact) mass is 201 g/mol. The van der Waals surface area contributed by atoms with E-state index in [-0.39, 0.29) is 18.1 Å². The van der Waals surface area contributed by atoms with E-state index in [0.29, 0.717) is 19.7 Å². The molecule has 0 saturated carbocycles. The standard InChI is InChI=1S/C9H19N3O2/c1-2-14-7(5-10)6-12-4-3-8(12)9(11)13/h7-8H,2-6,10H2,1H3,(H2,11,13). The number of rotatable bonds is 6. The molecular formula is C9H19N3O2. The van der Waals surface area contributed by atoms with Crippen LogP contribution in [0.3, 0.4) is 0 Å². The molecule has 5 nitrogen and oxygen atoms in total. The topological polar surface area (TPSA) is 81.6 Å². The Kier molecular flexibility index (Phi) is 4.31. The van der Waals surface area contributed by atoms with E-state index in [0.717, 1.165) is 13.0 Å². The molecule has 82 valence electrons. The van der Waals surface area contributed by atoms with Crippen LogP contribution in [-0.4, -0.2) is 49.2 Å². The number of carbonyl (C=O) groups is 1. The molecule has 0 radical (unpaired) electrons. The van der Waals surface area contributed by atoms with Crippen LogP contribution in [0.1, 0.15) is 13.3 Å². The molecule has 0 aromatic carbocycles. The van der Waals surface area contributed by atoms with Gasteiger partial charge in [-0.05, 0) is 13.3 Å². The Bertz CT molecular complexity index is 198. The summed E-state index contributed by atoms with van der Waals surface area (Å²) >= 11 is 0. The maximum atomic E-state index is 10.9. The molecule has 0 aromatic rings. The first-order valence-corrected chi connectivity index (χ1v) is 5.04. The van der Waals surface area contributed by atoms with Crippen molar-refractivity contribution in [3.63, 3.8) is 0 Å². The van der Waals surface area contributed by atoms with E-state index in [1.165, 1.54) is 0 Å². The number of ether oxygens (including phenoxy) is 1. The lowest BCUT2D eigenvalue weighted by atomic mass is 10.0. The largest absolute Gasteiger partial charge is 0.376 e. The molecule has 4 N–H and O–H groups in total. The Hall–Kier alpha value is -0.650. The lowest BCUT2D eigenvalue weighted by molar-refractivity contribution is -0.128. The number of nitrogens with zero attached hydrogens (tertiary/aromatic N) is 1. The Labute approximate surface area is 84.4 Å². The van der Waals surface area contributed by atoms with E-state index in [1.54, 1.807) is 0 Å². The Balaban J connectivity index is 2.32. The normalized spacial score (nSPS) is 24.3. The van der Waals surface area contributed by atoms with Gasteiger partial charge in [-0.15, -0.1) is 0 Å². The molecule has 2 unspecified atom stereocenters. The van der Waals surface area contributed by atoms with Gasteiger partial charge in [0.2, 0.25) is 5.91 Å². The van der Waals surface area contributed by atoms with Crippen molar-refractivity contribution in [1.29, 1.82) is 0 Å². The van der Waals surface area contributed by atoms with Crippen LogP contribution in [0, 0.1) is 0 Å². The molecule has 1 amide bonds. The van der Waals surface area contributed by atoms with Crippen LogP contribution in [0.5, 0.6) is 0 Å². The third-order valence-corrected chi connectivity index (χ3v) is 2.56. The molecule has 1 aliphatic rings. The number of carbonyl (C=O) groups excluding carboxylic acids is 1. The van der Waals surface area contributed by atoms with E-state index in [1.807, 2.05) is 11.8 Å². The van der Waals surface area contributed by atoms with Gasteiger partial charge in [0.25, 0.3) is 0 Å². The first-order chi connectivity index (χ1) is 6.69. The summed E-state index contributed by atoms with van der Waals surface area (Å²) in [7, 11) is 0. The summed E-state index contributed by atoms with van der Waals surface area (Å²) in [6, 6.07) is -0.107. The zero-order valence-electron chi connectivity index (χ0n) is 8.61. The smallest absolute Gasteiger partial charge is 0.234 e. The van der Waals surface area contributed by atoms with E-state index in [2.05, 4.69) is 0 Å². The van der Waals surface area contributed by atoms with Gasteiger partial charge in [0.15, 0.2) is 0 Å². The third-order valence-electron chi connectivity index (χ3n) is 2.56. The zero-order chi connectivity index (χ0) is 10.6. The zero-order valence-corrected chi connectivity index (χ0v) is 8.61. The first-order valence-electron chi connectivity index (χ1n) is 5.04. The molecule has 0 spiro atoms. The average Bonchev–Trinajstić information content (AvgIpc) is 2.09. The van der Waals surface area contributed by atoms with Gasteiger partial charge in [-0.2, -0.15) is 0 Å². The van der Waals surface area contributed by atoms with Crippen LogP contribution in [-0.2, 0) is 9.53 Å². The minimum absolute atomic E-state index is 0.0159. The van der Waals surface area contributed by atoms with Crippen molar-refractivity contribution in [2.45, 2.75) is 25.5 Å². The molecule has 1 fully saturated rings. The maximum absolute atomic E-state index is 10.9. The van der Waals surface area contributed by atoms with Crippen LogP contribution in [0.25, 0.3) is 0 Å². The van der Waals surface area contributed by atoms with Crippen molar-refractivity contribution < 1.29 is 9.53 Å². The predicted molar refractivity (Wildman–Crippen MR) is 53.6 cm³/mol. The minimum atomic E-state index is -0.247. The minimum Gasteiger partial charge on any atom is -0.376 e. The van der Waals surface area contributed by atoms with Crippen molar-refractivity contribution in [1.82, 2.24) is 4.90 Å². The highest BCUT2D eigenvalue weighted by molar-refractivity contribution is 5.80. The van der Waals surface area contributed by atoms with Crippen molar-refractivity contribution in [2.75, 3.05) is 26.2 Å². The van der Waals surface area contributed by atoms with Crippen molar-refractivity contribution in [3.05, 3.63) is 0 Å². The highest BCUT2D eigenvalue weighted by atomic mass is 16.5. The van der Waals surface area contributed by atoms with Crippen molar-refractivity contribution in [2.24, 2.45) is 11.5 Å². The molecule has 5 heteroatoms. The predicted octanol–water partition coefficient (Wildman–Crippen LogP) is -1.09. The number of hydrogen-bond donors (Lipinski definition) is 2. The first kappa shape index (κ1) is 11.4. The summed E-state index contributed by atoms with van der Waals surface area (Å²) in [4.78, 5) is 13.0. The second-order valence-electron chi connectivity index (χ2n) is 3.51. The van der Waals surface area contributed by atoms with E-state index < -0.39 is 0 Å². The van der Waals surface area contributed by atoms with Gasteiger partial charge in [-0.25, -0.2) is 0 Å². The van der Waals surface area contributed by atoms with Crippen molar-refractivity contribution in [3.8, 4) is 0 Å². The van der Waals surface area contributed by atoms with Crippen LogP contribution >= 0.6 is 0 Å². The summed E-state index contributed by atoms with van der Waals surface area (Å²) in [5.41, 5.74) is 10.8. The van der Waals surface area contributed by atoms with E-state index >= 15 is 0 Å². The molecule has 1 saturated heterocycles. The number of likely N-dealkylation sites (tertiary alicyclic amines) is 1. The summed E-state index contributed by atoms with van der Waals surface area (Å²) in [5.74, 6) is -0.247. The molecule has 14 heavy (non-hydrogen) atoms. The van der Waals surface area contributed by atoms with Gasteiger partial charge in [0.1, 0.15) is 0 Å². The molecule has 0 aliphatic carbocycles. The molecular weight excluding hydrogens is 182 g/mol. The number of amides is 1. The number of primary amides is 1. The molecule has 0 aromatic heterocycles. The fourth-order valence-corrected chi connectivity index (χ4v) is 1.67. The fraction of sp³-hybridized carbons (Fsp3) is 0.889. The van der Waals surface area contributed by atoms with Gasteiger partial charge >= 0.3 is 0 Å². The quantitative estimate of drug-likeness (QED) is 0.572. The summed E-state index contributed by atoms with van der Waals surface area (Å²) in [6.45, 7) is 4.69. The highest BCUT2D eigenvalue weighted by Crippen LogP contribution is 2.17. The number of hydrogen-bond acceptors (Lipinski definition) is 4. The van der Waals surface area contributed by atoms with Gasteiger partial charge in [-0.1, -0.05) is 0 Å². The molecule has 1 heterocycles. The van der Waals surface area contributed by atoms with E-state index in [9.17, 15) is 4.79 Å². The van der Waals surface area contributed by atoms with Gasteiger partial charge in [0, 0.05) is 26.2 Å². The Morgan fingerprint density at radius 1 is 1.71 bits per heavy atom. The molecule has 0 bridgehead atoms. The van der Waals surface area contributed by atoms with Crippen LogP contribution < -0.4 is 11.5 Å². The maximum Gasteiger partial charge on any atom is 0.234 e.